The van der Waals surface area contributed by atoms with E-state index in [0.717, 1.165) is 17.1 Å². The van der Waals surface area contributed by atoms with Crippen LogP contribution >= 0.6 is 11.8 Å². The maximum atomic E-state index is 9.59. The summed E-state index contributed by atoms with van der Waals surface area (Å²) in [5, 5.41) is 22.2. The Hall–Kier alpha value is -0.870. The van der Waals surface area contributed by atoms with Gasteiger partial charge >= 0.3 is 0 Å². The Morgan fingerprint density at radius 3 is 2.81 bits per heavy atom. The topological polar surface area (TPSA) is 52.5 Å². The monoisotopic (exact) mass is 241 g/mol. The van der Waals surface area contributed by atoms with Crippen LogP contribution in [0.3, 0.4) is 0 Å². The fourth-order valence-corrected chi connectivity index (χ4v) is 2.07. The highest BCUT2D eigenvalue weighted by molar-refractivity contribution is 7.99. The summed E-state index contributed by atoms with van der Waals surface area (Å²) in [4.78, 5) is 0. The number of hydrogen-bond acceptors (Lipinski definition) is 4. The highest BCUT2D eigenvalue weighted by Gasteiger charge is 2.07. The van der Waals surface area contributed by atoms with Gasteiger partial charge in [-0.05, 0) is 18.7 Å². The maximum absolute atomic E-state index is 9.59. The second-order valence-corrected chi connectivity index (χ2v) is 5.05. The summed E-state index contributed by atoms with van der Waals surface area (Å²) in [6.07, 6.45) is 0. The van der Waals surface area contributed by atoms with Gasteiger partial charge in [0.2, 0.25) is 0 Å². The van der Waals surface area contributed by atoms with E-state index in [9.17, 15) is 10.2 Å². The molecule has 1 aromatic rings. The molecule has 0 amide bonds. The minimum absolute atomic E-state index is 0.0228. The van der Waals surface area contributed by atoms with Crippen LogP contribution in [0.25, 0.3) is 0 Å². The standard InChI is InChI=1S/C12H19NO2S/c1-3-16-8-9(2)13-7-10-5-4-6-11(14)12(10)15/h4-6,9,13-15H,3,7-8H2,1-2H3. The molecule has 0 aliphatic rings. The largest absolute Gasteiger partial charge is 0.504 e. The van der Waals surface area contributed by atoms with Crippen LogP contribution in [-0.4, -0.2) is 27.8 Å². The van der Waals surface area contributed by atoms with E-state index in [1.54, 1.807) is 6.07 Å². The second kappa shape index (κ2) is 6.66. The molecule has 16 heavy (non-hydrogen) atoms. The summed E-state index contributed by atoms with van der Waals surface area (Å²) in [7, 11) is 0. The van der Waals surface area contributed by atoms with Crippen molar-refractivity contribution < 1.29 is 10.2 Å². The van der Waals surface area contributed by atoms with Crippen molar-refractivity contribution in [3.8, 4) is 11.5 Å². The Labute approximate surface area is 101 Å². The Balaban J connectivity index is 2.45. The van der Waals surface area contributed by atoms with E-state index in [2.05, 4.69) is 19.2 Å². The van der Waals surface area contributed by atoms with E-state index in [0.29, 0.717) is 12.6 Å². The molecule has 0 fully saturated rings. The van der Waals surface area contributed by atoms with Crippen LogP contribution in [0.2, 0.25) is 0 Å². The lowest BCUT2D eigenvalue weighted by Gasteiger charge is -2.13. The number of rotatable bonds is 6. The third-order valence-corrected chi connectivity index (χ3v) is 3.46. The van der Waals surface area contributed by atoms with Gasteiger partial charge in [0.1, 0.15) is 0 Å². The number of para-hydroxylation sites is 1. The van der Waals surface area contributed by atoms with Crippen molar-refractivity contribution in [2.75, 3.05) is 11.5 Å². The molecule has 0 saturated carbocycles. The van der Waals surface area contributed by atoms with Crippen LogP contribution in [0.1, 0.15) is 19.4 Å². The molecule has 0 spiro atoms. The lowest BCUT2D eigenvalue weighted by atomic mass is 10.2. The third-order valence-electron chi connectivity index (χ3n) is 2.31. The molecule has 3 N–H and O–H groups in total. The van der Waals surface area contributed by atoms with Crippen molar-refractivity contribution in [2.45, 2.75) is 26.4 Å². The average molecular weight is 241 g/mol. The van der Waals surface area contributed by atoms with Crippen LogP contribution < -0.4 is 5.32 Å². The molecule has 1 rings (SSSR count). The van der Waals surface area contributed by atoms with E-state index >= 15 is 0 Å². The molecule has 90 valence electrons. The first-order valence-corrected chi connectivity index (χ1v) is 6.61. The van der Waals surface area contributed by atoms with Gasteiger partial charge < -0.3 is 15.5 Å². The molecule has 0 radical (unpaired) electrons. The van der Waals surface area contributed by atoms with E-state index < -0.39 is 0 Å². The molecule has 0 aromatic heterocycles. The van der Waals surface area contributed by atoms with Gasteiger partial charge in [-0.1, -0.05) is 19.1 Å². The minimum atomic E-state index is -0.0603. The van der Waals surface area contributed by atoms with Crippen molar-refractivity contribution in [2.24, 2.45) is 0 Å². The summed E-state index contributed by atoms with van der Waals surface area (Å²) < 4.78 is 0. The molecule has 0 saturated heterocycles. The predicted octanol–water partition coefficient (Wildman–Crippen LogP) is 2.33. The van der Waals surface area contributed by atoms with Crippen molar-refractivity contribution in [1.29, 1.82) is 0 Å². The van der Waals surface area contributed by atoms with Crippen LogP contribution in [0.4, 0.5) is 0 Å². The fourth-order valence-electron chi connectivity index (χ4n) is 1.36. The van der Waals surface area contributed by atoms with Crippen LogP contribution in [0.15, 0.2) is 18.2 Å². The lowest BCUT2D eigenvalue weighted by molar-refractivity contribution is 0.397. The highest BCUT2D eigenvalue weighted by atomic mass is 32.2. The predicted molar refractivity (Wildman–Crippen MR) is 69.1 cm³/mol. The lowest BCUT2D eigenvalue weighted by Crippen LogP contribution is -2.27. The minimum Gasteiger partial charge on any atom is -0.504 e. The molecule has 1 unspecified atom stereocenters. The first-order valence-electron chi connectivity index (χ1n) is 5.46. The van der Waals surface area contributed by atoms with Crippen molar-refractivity contribution in [1.82, 2.24) is 5.32 Å². The zero-order valence-electron chi connectivity index (χ0n) is 9.73. The number of benzene rings is 1. The Bertz CT molecular complexity index is 331. The van der Waals surface area contributed by atoms with Gasteiger partial charge in [-0.15, -0.1) is 0 Å². The molecule has 0 aliphatic carbocycles. The molecule has 0 aliphatic heterocycles. The normalized spacial score (nSPS) is 12.6. The number of phenolic OH excluding ortho intramolecular Hbond substituents is 2. The fraction of sp³-hybridized carbons (Fsp3) is 0.500. The number of thioether (sulfide) groups is 1. The van der Waals surface area contributed by atoms with Crippen molar-refractivity contribution >= 4 is 11.8 Å². The molecule has 0 heterocycles. The molecule has 4 heteroatoms. The molecule has 0 bridgehead atoms. The first-order chi connectivity index (χ1) is 7.65. The molecule has 3 nitrogen and oxygen atoms in total. The summed E-state index contributed by atoms with van der Waals surface area (Å²) in [5.74, 6) is 2.08. The number of aromatic hydroxyl groups is 2. The molecule has 1 aromatic carbocycles. The molecule has 1 atom stereocenters. The Morgan fingerprint density at radius 2 is 2.12 bits per heavy atom. The Morgan fingerprint density at radius 1 is 1.38 bits per heavy atom. The summed E-state index contributed by atoms with van der Waals surface area (Å²) in [6.45, 7) is 4.83. The van der Waals surface area contributed by atoms with Gasteiger partial charge in [0, 0.05) is 23.9 Å². The van der Waals surface area contributed by atoms with Crippen LogP contribution in [0, 0.1) is 0 Å². The zero-order valence-corrected chi connectivity index (χ0v) is 10.5. The van der Waals surface area contributed by atoms with Gasteiger partial charge in [-0.25, -0.2) is 0 Å². The molecular weight excluding hydrogens is 222 g/mol. The summed E-state index contributed by atoms with van der Waals surface area (Å²) in [5.41, 5.74) is 0.730. The first kappa shape index (κ1) is 13.2. The third kappa shape index (κ3) is 3.94. The maximum Gasteiger partial charge on any atom is 0.161 e. The molecular formula is C12H19NO2S. The second-order valence-electron chi connectivity index (χ2n) is 3.73. The van der Waals surface area contributed by atoms with Crippen LogP contribution in [0.5, 0.6) is 11.5 Å². The number of nitrogens with one attached hydrogen (secondary N) is 1. The number of hydrogen-bond donors (Lipinski definition) is 3. The summed E-state index contributed by atoms with van der Waals surface area (Å²) >= 11 is 1.88. The van der Waals surface area contributed by atoms with Gasteiger partial charge in [-0.3, -0.25) is 0 Å². The summed E-state index contributed by atoms with van der Waals surface area (Å²) in [6, 6.07) is 5.42. The van der Waals surface area contributed by atoms with E-state index in [1.807, 2.05) is 17.8 Å². The quantitative estimate of drug-likeness (QED) is 0.669. The SMILES string of the molecule is CCSCC(C)NCc1cccc(O)c1O. The highest BCUT2D eigenvalue weighted by Crippen LogP contribution is 2.27. The van der Waals surface area contributed by atoms with E-state index in [4.69, 9.17) is 0 Å². The van der Waals surface area contributed by atoms with Gasteiger partial charge in [0.15, 0.2) is 11.5 Å². The van der Waals surface area contributed by atoms with Crippen molar-refractivity contribution in [3.63, 3.8) is 0 Å². The van der Waals surface area contributed by atoms with Gasteiger partial charge in [0.25, 0.3) is 0 Å². The number of phenols is 2. The van der Waals surface area contributed by atoms with Gasteiger partial charge in [-0.2, -0.15) is 11.8 Å². The zero-order chi connectivity index (χ0) is 12.0. The Kier molecular flexibility index (Phi) is 5.49. The van der Waals surface area contributed by atoms with E-state index in [-0.39, 0.29) is 11.5 Å². The van der Waals surface area contributed by atoms with Crippen molar-refractivity contribution in [3.05, 3.63) is 23.8 Å². The average Bonchev–Trinajstić information content (AvgIpc) is 2.28. The van der Waals surface area contributed by atoms with Gasteiger partial charge in [0.05, 0.1) is 0 Å². The smallest absolute Gasteiger partial charge is 0.161 e. The van der Waals surface area contributed by atoms with Crippen LogP contribution in [-0.2, 0) is 6.54 Å². The van der Waals surface area contributed by atoms with E-state index in [1.165, 1.54) is 6.07 Å².